The maximum atomic E-state index is 12.1. The molecule has 0 aliphatic rings. The summed E-state index contributed by atoms with van der Waals surface area (Å²) in [5.41, 5.74) is 6.87. The number of rotatable bonds is 5. The summed E-state index contributed by atoms with van der Waals surface area (Å²) in [7, 11) is 0. The second-order valence-electron chi connectivity index (χ2n) is 4.42. The molecule has 3 N–H and O–H groups in total. The summed E-state index contributed by atoms with van der Waals surface area (Å²) in [5.74, 6) is -0.315. The standard InChI is InChI=1S/C14H17ClN4O/c1-2-10(9-16)14(20)18-12-6-3-5-11(15)13(12)19-8-4-7-17-19/h3-8,10H,2,9,16H2,1H3,(H,18,20). The smallest absolute Gasteiger partial charge is 0.228 e. The Morgan fingerprint density at radius 1 is 1.50 bits per heavy atom. The van der Waals surface area contributed by atoms with Crippen molar-refractivity contribution in [3.05, 3.63) is 41.7 Å². The normalized spacial score (nSPS) is 12.2. The molecule has 0 bridgehead atoms. The van der Waals surface area contributed by atoms with Crippen LogP contribution in [-0.2, 0) is 4.79 Å². The fraction of sp³-hybridized carbons (Fsp3) is 0.286. The van der Waals surface area contributed by atoms with E-state index in [0.717, 1.165) is 0 Å². The van der Waals surface area contributed by atoms with E-state index in [4.69, 9.17) is 17.3 Å². The molecule has 0 radical (unpaired) electrons. The van der Waals surface area contributed by atoms with Crippen LogP contribution in [0.15, 0.2) is 36.7 Å². The fourth-order valence-corrected chi connectivity index (χ4v) is 2.21. The van der Waals surface area contributed by atoms with Gasteiger partial charge in [-0.15, -0.1) is 0 Å². The lowest BCUT2D eigenvalue weighted by Crippen LogP contribution is -2.29. The number of benzene rings is 1. The Hall–Kier alpha value is -1.85. The summed E-state index contributed by atoms with van der Waals surface area (Å²) in [6.45, 7) is 2.25. The van der Waals surface area contributed by atoms with Crippen molar-refractivity contribution in [2.75, 3.05) is 11.9 Å². The zero-order valence-electron chi connectivity index (χ0n) is 11.2. The van der Waals surface area contributed by atoms with Gasteiger partial charge in [0.25, 0.3) is 0 Å². The summed E-state index contributed by atoms with van der Waals surface area (Å²) in [6, 6.07) is 7.14. The van der Waals surface area contributed by atoms with Crippen LogP contribution in [0.25, 0.3) is 5.69 Å². The van der Waals surface area contributed by atoms with Crippen LogP contribution in [0.3, 0.4) is 0 Å². The monoisotopic (exact) mass is 292 g/mol. The first-order valence-electron chi connectivity index (χ1n) is 6.46. The molecule has 1 aromatic heterocycles. The van der Waals surface area contributed by atoms with Gasteiger partial charge in [0.2, 0.25) is 5.91 Å². The van der Waals surface area contributed by atoms with Gasteiger partial charge in [0.15, 0.2) is 0 Å². The number of aromatic nitrogens is 2. The molecule has 0 spiro atoms. The van der Waals surface area contributed by atoms with E-state index in [0.29, 0.717) is 29.4 Å². The number of para-hydroxylation sites is 1. The van der Waals surface area contributed by atoms with Gasteiger partial charge >= 0.3 is 0 Å². The molecular formula is C14H17ClN4O. The van der Waals surface area contributed by atoms with Gasteiger partial charge in [-0.25, -0.2) is 4.68 Å². The number of hydrogen-bond acceptors (Lipinski definition) is 3. The summed E-state index contributed by atoms with van der Waals surface area (Å²) in [5, 5.41) is 7.55. The Morgan fingerprint density at radius 3 is 2.90 bits per heavy atom. The lowest BCUT2D eigenvalue weighted by atomic mass is 10.1. The number of nitrogens with one attached hydrogen (secondary N) is 1. The molecule has 1 heterocycles. The van der Waals surface area contributed by atoms with Crippen LogP contribution in [0.4, 0.5) is 5.69 Å². The molecule has 1 atom stereocenters. The van der Waals surface area contributed by atoms with Gasteiger partial charge < -0.3 is 11.1 Å². The summed E-state index contributed by atoms with van der Waals surface area (Å²) in [6.07, 6.45) is 4.13. The van der Waals surface area contributed by atoms with E-state index in [1.807, 2.05) is 6.92 Å². The minimum Gasteiger partial charge on any atom is -0.330 e. The molecule has 0 saturated heterocycles. The van der Waals surface area contributed by atoms with Gasteiger partial charge in [0.1, 0.15) is 5.69 Å². The van der Waals surface area contributed by atoms with Crippen LogP contribution >= 0.6 is 11.6 Å². The molecule has 1 amide bonds. The first-order valence-corrected chi connectivity index (χ1v) is 6.84. The van der Waals surface area contributed by atoms with Crippen LogP contribution in [0, 0.1) is 5.92 Å². The number of nitrogens with zero attached hydrogens (tertiary/aromatic N) is 2. The van der Waals surface area contributed by atoms with Crippen molar-refractivity contribution in [3.8, 4) is 5.69 Å². The number of carbonyl (C=O) groups excluding carboxylic acids is 1. The molecule has 2 aromatic rings. The van der Waals surface area contributed by atoms with Gasteiger partial charge in [-0.2, -0.15) is 5.10 Å². The van der Waals surface area contributed by atoms with Crippen molar-refractivity contribution < 1.29 is 4.79 Å². The van der Waals surface area contributed by atoms with Gasteiger partial charge in [-0.05, 0) is 24.6 Å². The van der Waals surface area contributed by atoms with Crippen LogP contribution in [-0.4, -0.2) is 22.2 Å². The third-order valence-corrected chi connectivity index (χ3v) is 3.43. The molecule has 6 heteroatoms. The topological polar surface area (TPSA) is 72.9 Å². The molecule has 20 heavy (non-hydrogen) atoms. The third kappa shape index (κ3) is 3.00. The fourth-order valence-electron chi connectivity index (χ4n) is 1.94. The number of halogens is 1. The van der Waals surface area contributed by atoms with Crippen LogP contribution in [0.5, 0.6) is 0 Å². The first-order chi connectivity index (χ1) is 9.67. The molecule has 2 rings (SSSR count). The molecule has 106 valence electrons. The highest BCUT2D eigenvalue weighted by atomic mass is 35.5. The molecule has 0 aliphatic heterocycles. The highest BCUT2D eigenvalue weighted by Gasteiger charge is 2.17. The van der Waals surface area contributed by atoms with Gasteiger partial charge in [0, 0.05) is 18.9 Å². The third-order valence-electron chi connectivity index (χ3n) is 3.13. The van der Waals surface area contributed by atoms with E-state index < -0.39 is 0 Å². The quantitative estimate of drug-likeness (QED) is 0.889. The predicted octanol–water partition coefficient (Wildman–Crippen LogP) is 2.45. The zero-order chi connectivity index (χ0) is 14.5. The van der Waals surface area contributed by atoms with E-state index in [1.54, 1.807) is 41.3 Å². The minimum absolute atomic E-state index is 0.106. The molecule has 0 saturated carbocycles. The van der Waals surface area contributed by atoms with Crippen LogP contribution < -0.4 is 11.1 Å². The van der Waals surface area contributed by atoms with E-state index in [9.17, 15) is 4.79 Å². The summed E-state index contributed by atoms with van der Waals surface area (Å²) in [4.78, 5) is 12.1. The molecule has 0 aliphatic carbocycles. The van der Waals surface area contributed by atoms with Gasteiger partial charge in [-0.1, -0.05) is 24.6 Å². The van der Waals surface area contributed by atoms with Crippen molar-refractivity contribution in [1.82, 2.24) is 9.78 Å². The largest absolute Gasteiger partial charge is 0.330 e. The first kappa shape index (κ1) is 14.6. The van der Waals surface area contributed by atoms with Crippen molar-refractivity contribution >= 4 is 23.2 Å². The van der Waals surface area contributed by atoms with E-state index in [-0.39, 0.29) is 11.8 Å². The molecular weight excluding hydrogens is 276 g/mol. The number of amides is 1. The second kappa shape index (κ2) is 6.54. The van der Waals surface area contributed by atoms with Gasteiger partial charge in [0.05, 0.1) is 16.6 Å². The van der Waals surface area contributed by atoms with Crippen molar-refractivity contribution in [1.29, 1.82) is 0 Å². The van der Waals surface area contributed by atoms with Crippen molar-refractivity contribution in [3.63, 3.8) is 0 Å². The zero-order valence-corrected chi connectivity index (χ0v) is 12.0. The Kier molecular flexibility index (Phi) is 4.76. The molecule has 0 fully saturated rings. The van der Waals surface area contributed by atoms with Crippen molar-refractivity contribution in [2.24, 2.45) is 11.7 Å². The number of nitrogens with two attached hydrogens (primary N) is 1. The Balaban J connectivity index is 2.33. The maximum Gasteiger partial charge on any atom is 0.228 e. The predicted molar refractivity (Wildman–Crippen MR) is 80.0 cm³/mol. The Labute approximate surface area is 122 Å². The van der Waals surface area contributed by atoms with Crippen molar-refractivity contribution in [2.45, 2.75) is 13.3 Å². The molecule has 1 unspecified atom stereocenters. The van der Waals surface area contributed by atoms with E-state index in [1.165, 1.54) is 0 Å². The SMILES string of the molecule is CCC(CN)C(=O)Nc1cccc(Cl)c1-n1cccn1. The maximum absolute atomic E-state index is 12.1. The Bertz CT molecular complexity index is 579. The van der Waals surface area contributed by atoms with E-state index in [2.05, 4.69) is 10.4 Å². The summed E-state index contributed by atoms with van der Waals surface area (Å²) < 4.78 is 1.63. The van der Waals surface area contributed by atoms with Crippen LogP contribution in [0.2, 0.25) is 5.02 Å². The number of carbonyl (C=O) groups is 1. The van der Waals surface area contributed by atoms with E-state index >= 15 is 0 Å². The second-order valence-corrected chi connectivity index (χ2v) is 4.82. The average molecular weight is 293 g/mol. The van der Waals surface area contributed by atoms with Gasteiger partial charge in [-0.3, -0.25) is 4.79 Å². The average Bonchev–Trinajstić information content (AvgIpc) is 2.94. The summed E-state index contributed by atoms with van der Waals surface area (Å²) >= 11 is 6.21. The highest BCUT2D eigenvalue weighted by molar-refractivity contribution is 6.33. The minimum atomic E-state index is -0.209. The highest BCUT2D eigenvalue weighted by Crippen LogP contribution is 2.28. The molecule has 1 aromatic carbocycles. The van der Waals surface area contributed by atoms with Crippen LogP contribution in [0.1, 0.15) is 13.3 Å². The number of anilines is 1. The lowest BCUT2D eigenvalue weighted by Gasteiger charge is -2.16. The lowest BCUT2D eigenvalue weighted by molar-refractivity contribution is -0.119. The number of hydrogen-bond donors (Lipinski definition) is 2. The Morgan fingerprint density at radius 2 is 2.30 bits per heavy atom. The molecule has 5 nitrogen and oxygen atoms in total.